The Morgan fingerprint density at radius 3 is 2.53 bits per heavy atom. The molecule has 0 unspecified atom stereocenters. The van der Waals surface area contributed by atoms with Gasteiger partial charge in [0.25, 0.3) is 11.8 Å². The van der Waals surface area contributed by atoms with Gasteiger partial charge in [0.15, 0.2) is 6.61 Å². The van der Waals surface area contributed by atoms with E-state index in [1.807, 2.05) is 47.4 Å². The standard InChI is InChI=1S/C25H30N2O3/c28-24(27-16-8-12-20-11-4-6-14-22(20)27)18-30-23-15-7-5-13-21(23)25(29)26-17-19-9-2-1-3-10-19/h1-3,5,7,9-10,13,15,20,22H,4,6,8,11-12,14,16-18H2,(H,26,29)/t20-,22+/m1/s1. The average Bonchev–Trinajstić information content (AvgIpc) is 2.81. The van der Waals surface area contributed by atoms with Crippen molar-refractivity contribution in [3.05, 3.63) is 65.7 Å². The van der Waals surface area contributed by atoms with Crippen LogP contribution in [0.5, 0.6) is 5.75 Å². The van der Waals surface area contributed by atoms with Crippen LogP contribution >= 0.6 is 0 Å². The third-order valence-corrected chi connectivity index (χ3v) is 6.34. The maximum Gasteiger partial charge on any atom is 0.260 e. The van der Waals surface area contributed by atoms with Gasteiger partial charge >= 0.3 is 0 Å². The quantitative estimate of drug-likeness (QED) is 0.783. The van der Waals surface area contributed by atoms with Gasteiger partial charge in [0.1, 0.15) is 5.75 Å². The van der Waals surface area contributed by atoms with Crippen molar-refractivity contribution in [2.24, 2.45) is 5.92 Å². The summed E-state index contributed by atoms with van der Waals surface area (Å²) < 4.78 is 5.85. The third-order valence-electron chi connectivity index (χ3n) is 6.34. The van der Waals surface area contributed by atoms with E-state index in [9.17, 15) is 9.59 Å². The second-order valence-electron chi connectivity index (χ2n) is 8.29. The fraction of sp³-hybridized carbons (Fsp3) is 0.440. The van der Waals surface area contributed by atoms with Crippen LogP contribution in [0, 0.1) is 5.92 Å². The molecule has 1 N–H and O–H groups in total. The molecule has 0 spiro atoms. The van der Waals surface area contributed by atoms with E-state index in [1.54, 1.807) is 12.1 Å². The van der Waals surface area contributed by atoms with E-state index in [-0.39, 0.29) is 18.4 Å². The number of amides is 2. The number of benzene rings is 2. The Balaban J connectivity index is 1.36. The number of likely N-dealkylation sites (tertiary alicyclic amines) is 1. The maximum atomic E-state index is 12.9. The first kappa shape index (κ1) is 20.5. The van der Waals surface area contributed by atoms with Crippen molar-refractivity contribution in [1.29, 1.82) is 0 Å². The molecule has 0 bridgehead atoms. The fourth-order valence-corrected chi connectivity index (χ4v) is 4.81. The van der Waals surface area contributed by atoms with Crippen molar-refractivity contribution in [3.8, 4) is 5.75 Å². The smallest absolute Gasteiger partial charge is 0.260 e. The highest BCUT2D eigenvalue weighted by atomic mass is 16.5. The first-order chi connectivity index (χ1) is 14.7. The number of nitrogens with zero attached hydrogens (tertiary/aromatic N) is 1. The zero-order chi connectivity index (χ0) is 20.8. The molecule has 4 rings (SSSR count). The molecule has 2 fully saturated rings. The summed E-state index contributed by atoms with van der Waals surface area (Å²) in [4.78, 5) is 27.6. The normalized spacial score (nSPS) is 20.9. The Hall–Kier alpha value is -2.82. The van der Waals surface area contributed by atoms with Crippen LogP contribution in [0.4, 0.5) is 0 Å². The second kappa shape index (κ2) is 9.79. The Morgan fingerprint density at radius 2 is 1.67 bits per heavy atom. The molecule has 2 atom stereocenters. The van der Waals surface area contributed by atoms with Crippen molar-refractivity contribution < 1.29 is 14.3 Å². The summed E-state index contributed by atoms with van der Waals surface area (Å²) in [7, 11) is 0. The number of nitrogens with one attached hydrogen (secondary N) is 1. The number of rotatable bonds is 6. The van der Waals surface area contributed by atoms with Crippen molar-refractivity contribution in [2.45, 2.75) is 51.1 Å². The number of carbonyl (C=O) groups excluding carboxylic acids is 2. The number of hydrogen-bond acceptors (Lipinski definition) is 3. The summed E-state index contributed by atoms with van der Waals surface area (Å²) in [6.07, 6.45) is 7.14. The maximum absolute atomic E-state index is 12.9. The monoisotopic (exact) mass is 406 g/mol. The molecule has 158 valence electrons. The van der Waals surface area contributed by atoms with Crippen LogP contribution in [0.2, 0.25) is 0 Å². The minimum Gasteiger partial charge on any atom is -0.483 e. The van der Waals surface area contributed by atoms with Crippen molar-refractivity contribution >= 4 is 11.8 Å². The molecule has 30 heavy (non-hydrogen) atoms. The van der Waals surface area contributed by atoms with Gasteiger partial charge in [-0.2, -0.15) is 0 Å². The number of carbonyl (C=O) groups is 2. The molecule has 1 aliphatic heterocycles. The largest absolute Gasteiger partial charge is 0.483 e. The number of piperidine rings is 1. The summed E-state index contributed by atoms with van der Waals surface area (Å²) in [5.41, 5.74) is 1.49. The van der Waals surface area contributed by atoms with Gasteiger partial charge in [-0.05, 0) is 49.3 Å². The van der Waals surface area contributed by atoms with Gasteiger partial charge < -0.3 is 15.0 Å². The van der Waals surface area contributed by atoms with Crippen LogP contribution in [-0.2, 0) is 11.3 Å². The summed E-state index contributed by atoms with van der Waals surface area (Å²) in [6.45, 7) is 1.25. The van der Waals surface area contributed by atoms with E-state index in [0.29, 0.717) is 29.8 Å². The Kier molecular flexibility index (Phi) is 6.67. The molecule has 0 radical (unpaired) electrons. The van der Waals surface area contributed by atoms with E-state index in [1.165, 1.54) is 25.7 Å². The van der Waals surface area contributed by atoms with Crippen molar-refractivity contribution in [2.75, 3.05) is 13.2 Å². The lowest BCUT2D eigenvalue weighted by Crippen LogP contribution is -2.51. The molecular formula is C25H30N2O3. The summed E-state index contributed by atoms with van der Waals surface area (Å²) in [5.74, 6) is 0.930. The topological polar surface area (TPSA) is 58.6 Å². The van der Waals surface area contributed by atoms with Crippen LogP contribution < -0.4 is 10.1 Å². The van der Waals surface area contributed by atoms with Crippen LogP contribution in [-0.4, -0.2) is 35.9 Å². The molecule has 0 aromatic heterocycles. The number of fused-ring (bicyclic) bond motifs is 1. The van der Waals surface area contributed by atoms with Gasteiger partial charge in [0.2, 0.25) is 0 Å². The number of hydrogen-bond donors (Lipinski definition) is 1. The van der Waals surface area contributed by atoms with Crippen LogP contribution in [0.25, 0.3) is 0 Å². The van der Waals surface area contributed by atoms with Gasteiger partial charge in [0, 0.05) is 19.1 Å². The van der Waals surface area contributed by atoms with Gasteiger partial charge in [-0.1, -0.05) is 55.3 Å². The van der Waals surface area contributed by atoms with Gasteiger partial charge in [-0.25, -0.2) is 0 Å². The molecule has 2 aromatic carbocycles. The lowest BCUT2D eigenvalue weighted by atomic mass is 9.78. The fourth-order valence-electron chi connectivity index (χ4n) is 4.81. The summed E-state index contributed by atoms with van der Waals surface area (Å²) >= 11 is 0. The Bertz CT molecular complexity index is 866. The van der Waals surface area contributed by atoms with Crippen molar-refractivity contribution in [3.63, 3.8) is 0 Å². The van der Waals surface area contributed by atoms with Crippen LogP contribution in [0.15, 0.2) is 54.6 Å². The van der Waals surface area contributed by atoms with E-state index < -0.39 is 0 Å². The Morgan fingerprint density at radius 1 is 0.933 bits per heavy atom. The zero-order valence-electron chi connectivity index (χ0n) is 17.4. The zero-order valence-corrected chi connectivity index (χ0v) is 17.4. The number of ether oxygens (including phenoxy) is 1. The minimum absolute atomic E-state index is 0.0216. The highest BCUT2D eigenvalue weighted by Gasteiger charge is 2.35. The van der Waals surface area contributed by atoms with E-state index in [4.69, 9.17) is 4.74 Å². The molecule has 2 aromatic rings. The molecule has 2 aliphatic rings. The number of para-hydroxylation sites is 1. The lowest BCUT2D eigenvalue weighted by molar-refractivity contribution is -0.139. The Labute approximate surface area is 178 Å². The van der Waals surface area contributed by atoms with E-state index in [2.05, 4.69) is 5.32 Å². The lowest BCUT2D eigenvalue weighted by Gasteiger charge is -2.44. The first-order valence-electron chi connectivity index (χ1n) is 11.1. The molecule has 5 heteroatoms. The second-order valence-corrected chi connectivity index (χ2v) is 8.29. The van der Waals surface area contributed by atoms with E-state index in [0.717, 1.165) is 24.9 Å². The molecule has 1 aliphatic carbocycles. The SMILES string of the molecule is O=C(NCc1ccccc1)c1ccccc1OCC(=O)N1CCC[C@H]2CCCC[C@@H]21. The van der Waals surface area contributed by atoms with Gasteiger partial charge in [0.05, 0.1) is 5.56 Å². The molecule has 1 heterocycles. The van der Waals surface area contributed by atoms with E-state index >= 15 is 0 Å². The van der Waals surface area contributed by atoms with Crippen molar-refractivity contribution in [1.82, 2.24) is 10.2 Å². The van der Waals surface area contributed by atoms with Crippen LogP contribution in [0.1, 0.15) is 54.4 Å². The average molecular weight is 407 g/mol. The first-order valence-corrected chi connectivity index (χ1v) is 11.1. The molecular weight excluding hydrogens is 376 g/mol. The summed E-state index contributed by atoms with van der Waals surface area (Å²) in [5, 5.41) is 2.93. The predicted molar refractivity (Wildman–Crippen MR) is 116 cm³/mol. The molecule has 1 saturated heterocycles. The predicted octanol–water partition coefficient (Wildman–Crippen LogP) is 4.18. The van der Waals surface area contributed by atoms with Gasteiger partial charge in [-0.3, -0.25) is 9.59 Å². The highest BCUT2D eigenvalue weighted by Crippen LogP contribution is 2.35. The van der Waals surface area contributed by atoms with Crippen LogP contribution in [0.3, 0.4) is 0 Å². The highest BCUT2D eigenvalue weighted by molar-refractivity contribution is 5.97. The molecule has 2 amide bonds. The molecule has 1 saturated carbocycles. The minimum atomic E-state index is -0.202. The third kappa shape index (κ3) is 4.84. The molecule has 5 nitrogen and oxygen atoms in total. The van der Waals surface area contributed by atoms with Gasteiger partial charge in [-0.15, -0.1) is 0 Å². The summed E-state index contributed by atoms with van der Waals surface area (Å²) in [6, 6.07) is 17.3.